The minimum atomic E-state index is -0.654. The lowest BCUT2D eigenvalue weighted by Gasteiger charge is -2.31. The van der Waals surface area contributed by atoms with Crippen LogP contribution >= 0.6 is 0 Å². The highest BCUT2D eigenvalue weighted by atomic mass is 32.2. The molecule has 1 N–H and O–H groups in total. The SMILES string of the molecule is O=S(C1CC1)N1CCC(NC2CC2)CC1. The minimum absolute atomic E-state index is 0.512. The van der Waals surface area contributed by atoms with E-state index in [1.165, 1.54) is 38.5 Å². The van der Waals surface area contributed by atoms with E-state index in [1.54, 1.807) is 0 Å². The lowest BCUT2D eigenvalue weighted by atomic mass is 10.1. The minimum Gasteiger partial charge on any atom is -0.311 e. The quantitative estimate of drug-likeness (QED) is 0.779. The van der Waals surface area contributed by atoms with Crippen LogP contribution in [0.5, 0.6) is 0 Å². The van der Waals surface area contributed by atoms with Crippen molar-refractivity contribution in [3.8, 4) is 0 Å². The lowest BCUT2D eigenvalue weighted by molar-refractivity contribution is 0.298. The molecular weight excluding hydrogens is 208 g/mol. The van der Waals surface area contributed by atoms with Crippen molar-refractivity contribution in [1.29, 1.82) is 0 Å². The van der Waals surface area contributed by atoms with Gasteiger partial charge in [0.05, 0.1) is 11.0 Å². The van der Waals surface area contributed by atoms with E-state index in [4.69, 9.17) is 0 Å². The van der Waals surface area contributed by atoms with Gasteiger partial charge in [0.15, 0.2) is 0 Å². The summed E-state index contributed by atoms with van der Waals surface area (Å²) in [5, 5.41) is 4.18. The lowest BCUT2D eigenvalue weighted by Crippen LogP contribution is -2.44. The molecule has 0 radical (unpaired) electrons. The summed E-state index contributed by atoms with van der Waals surface area (Å²) >= 11 is 0. The molecule has 2 aliphatic carbocycles. The molecule has 1 heterocycles. The van der Waals surface area contributed by atoms with Gasteiger partial charge in [-0.25, -0.2) is 8.51 Å². The van der Waals surface area contributed by atoms with Crippen molar-refractivity contribution >= 4 is 11.0 Å². The molecule has 4 heteroatoms. The molecule has 86 valence electrons. The van der Waals surface area contributed by atoms with Crippen LogP contribution in [0.25, 0.3) is 0 Å². The maximum atomic E-state index is 11.9. The van der Waals surface area contributed by atoms with E-state index in [-0.39, 0.29) is 0 Å². The fraction of sp³-hybridized carbons (Fsp3) is 1.00. The normalized spacial score (nSPS) is 31.7. The summed E-state index contributed by atoms with van der Waals surface area (Å²) in [6.07, 6.45) is 7.49. The van der Waals surface area contributed by atoms with Crippen molar-refractivity contribution in [2.75, 3.05) is 13.1 Å². The Hall–Kier alpha value is 0.0700. The van der Waals surface area contributed by atoms with E-state index in [0.717, 1.165) is 19.1 Å². The van der Waals surface area contributed by atoms with Gasteiger partial charge in [0.25, 0.3) is 0 Å². The number of piperidine rings is 1. The topological polar surface area (TPSA) is 32.3 Å². The van der Waals surface area contributed by atoms with E-state index < -0.39 is 11.0 Å². The second kappa shape index (κ2) is 4.15. The molecule has 0 aromatic heterocycles. The Bertz CT molecular complexity index is 255. The third-order valence-electron chi connectivity index (χ3n) is 3.57. The van der Waals surface area contributed by atoms with Crippen LogP contribution in [0.1, 0.15) is 38.5 Å². The average molecular weight is 228 g/mol. The van der Waals surface area contributed by atoms with Crippen molar-refractivity contribution in [3.05, 3.63) is 0 Å². The predicted molar refractivity (Wildman–Crippen MR) is 61.9 cm³/mol. The third kappa shape index (κ3) is 2.60. The van der Waals surface area contributed by atoms with E-state index >= 15 is 0 Å². The van der Waals surface area contributed by atoms with Crippen LogP contribution in [0.2, 0.25) is 0 Å². The Kier molecular flexibility index (Phi) is 2.83. The standard InChI is InChI=1S/C11H20N2OS/c14-15(11-3-4-11)13-7-5-10(6-8-13)12-9-1-2-9/h9-12H,1-8H2. The molecule has 0 spiro atoms. The highest BCUT2D eigenvalue weighted by Crippen LogP contribution is 2.30. The van der Waals surface area contributed by atoms with Crippen molar-refractivity contribution < 1.29 is 4.21 Å². The zero-order valence-corrected chi connectivity index (χ0v) is 9.97. The summed E-state index contributed by atoms with van der Waals surface area (Å²) in [4.78, 5) is 0. The predicted octanol–water partition coefficient (Wildman–Crippen LogP) is 1.03. The second-order valence-corrected chi connectivity index (χ2v) is 6.86. The molecule has 2 saturated carbocycles. The smallest absolute Gasteiger partial charge is 0.0974 e. The number of hydrogen-bond acceptors (Lipinski definition) is 2. The first kappa shape index (κ1) is 10.2. The first-order valence-electron chi connectivity index (χ1n) is 6.24. The van der Waals surface area contributed by atoms with E-state index in [0.29, 0.717) is 11.3 Å². The molecule has 1 aliphatic heterocycles. The van der Waals surface area contributed by atoms with Gasteiger partial charge < -0.3 is 5.32 Å². The fourth-order valence-electron chi connectivity index (χ4n) is 2.27. The Balaban J connectivity index is 1.44. The van der Waals surface area contributed by atoms with Gasteiger partial charge in [-0.2, -0.15) is 0 Å². The van der Waals surface area contributed by atoms with Crippen LogP contribution in [0.15, 0.2) is 0 Å². The van der Waals surface area contributed by atoms with E-state index in [1.807, 2.05) is 0 Å². The van der Waals surface area contributed by atoms with Crippen molar-refractivity contribution in [2.24, 2.45) is 0 Å². The largest absolute Gasteiger partial charge is 0.311 e. The monoisotopic (exact) mass is 228 g/mol. The molecule has 0 aromatic carbocycles. The van der Waals surface area contributed by atoms with E-state index in [2.05, 4.69) is 9.62 Å². The zero-order valence-electron chi connectivity index (χ0n) is 9.15. The number of nitrogens with one attached hydrogen (secondary N) is 1. The molecule has 3 rings (SSSR count). The van der Waals surface area contributed by atoms with Crippen LogP contribution in [-0.4, -0.2) is 38.9 Å². The average Bonchev–Trinajstić information content (AvgIpc) is 3.12. The molecule has 0 amide bonds. The molecule has 15 heavy (non-hydrogen) atoms. The molecule has 3 aliphatic rings. The second-order valence-electron chi connectivity index (χ2n) is 5.12. The maximum absolute atomic E-state index is 11.9. The molecule has 3 fully saturated rings. The van der Waals surface area contributed by atoms with Gasteiger partial charge in [0.2, 0.25) is 0 Å². The van der Waals surface area contributed by atoms with Crippen LogP contribution in [0.4, 0.5) is 0 Å². The summed E-state index contributed by atoms with van der Waals surface area (Å²) < 4.78 is 14.1. The highest BCUT2D eigenvalue weighted by Gasteiger charge is 2.35. The van der Waals surface area contributed by atoms with Gasteiger partial charge in [-0.3, -0.25) is 0 Å². The third-order valence-corrected chi connectivity index (χ3v) is 5.48. The Morgan fingerprint density at radius 3 is 2.07 bits per heavy atom. The Labute approximate surface area is 94.2 Å². The van der Waals surface area contributed by atoms with Crippen molar-refractivity contribution in [2.45, 2.75) is 55.9 Å². The summed E-state index contributed by atoms with van der Waals surface area (Å²) in [6, 6.07) is 1.51. The van der Waals surface area contributed by atoms with Crippen molar-refractivity contribution in [1.82, 2.24) is 9.62 Å². The molecule has 0 aromatic rings. The van der Waals surface area contributed by atoms with Gasteiger partial charge in [-0.15, -0.1) is 0 Å². The molecule has 1 unspecified atom stereocenters. The summed E-state index contributed by atoms with van der Waals surface area (Å²) in [7, 11) is -0.654. The van der Waals surface area contributed by atoms with Gasteiger partial charge in [0, 0.05) is 30.4 Å². The first-order chi connectivity index (χ1) is 7.33. The molecule has 1 atom stereocenters. The van der Waals surface area contributed by atoms with Gasteiger partial charge in [0.1, 0.15) is 0 Å². The summed E-state index contributed by atoms with van der Waals surface area (Å²) in [5.74, 6) is 0. The van der Waals surface area contributed by atoms with Crippen molar-refractivity contribution in [3.63, 3.8) is 0 Å². The Morgan fingerprint density at radius 1 is 0.933 bits per heavy atom. The van der Waals surface area contributed by atoms with Gasteiger partial charge >= 0.3 is 0 Å². The van der Waals surface area contributed by atoms with E-state index in [9.17, 15) is 4.21 Å². The van der Waals surface area contributed by atoms with Gasteiger partial charge in [-0.1, -0.05) is 0 Å². The van der Waals surface area contributed by atoms with Crippen LogP contribution < -0.4 is 5.32 Å². The zero-order chi connectivity index (χ0) is 10.3. The van der Waals surface area contributed by atoms with Crippen LogP contribution in [0.3, 0.4) is 0 Å². The maximum Gasteiger partial charge on any atom is 0.0974 e. The number of hydrogen-bond donors (Lipinski definition) is 1. The highest BCUT2D eigenvalue weighted by molar-refractivity contribution is 7.83. The summed E-state index contributed by atoms with van der Waals surface area (Å²) in [5.41, 5.74) is 0. The first-order valence-corrected chi connectivity index (χ1v) is 7.41. The Morgan fingerprint density at radius 2 is 1.53 bits per heavy atom. The molecule has 3 nitrogen and oxygen atoms in total. The molecular formula is C11H20N2OS. The van der Waals surface area contributed by atoms with Crippen LogP contribution in [-0.2, 0) is 11.0 Å². The summed E-state index contributed by atoms with van der Waals surface area (Å²) in [6.45, 7) is 2.07. The molecule has 0 bridgehead atoms. The van der Waals surface area contributed by atoms with Crippen LogP contribution in [0, 0.1) is 0 Å². The molecule has 1 saturated heterocycles. The van der Waals surface area contributed by atoms with Gasteiger partial charge in [-0.05, 0) is 38.5 Å². The number of nitrogens with zero attached hydrogens (tertiary/aromatic N) is 1. The number of rotatable bonds is 4. The fourth-order valence-corrected chi connectivity index (χ4v) is 3.80.